The molecule has 1 aromatic rings. The monoisotopic (exact) mass is 268 g/mol. The zero-order chi connectivity index (χ0) is 13.5. The van der Waals surface area contributed by atoms with Crippen molar-refractivity contribution in [3.05, 3.63) is 22.4 Å². The van der Waals surface area contributed by atoms with Crippen LogP contribution in [0.1, 0.15) is 25.1 Å². The highest BCUT2D eigenvalue weighted by atomic mass is 32.1. The summed E-state index contributed by atoms with van der Waals surface area (Å²) >= 11 is 1.74. The van der Waals surface area contributed by atoms with E-state index in [-0.39, 0.29) is 11.8 Å². The summed E-state index contributed by atoms with van der Waals surface area (Å²) in [6.45, 7) is 5.47. The molecule has 1 aromatic heterocycles. The lowest BCUT2D eigenvalue weighted by Gasteiger charge is -2.23. The van der Waals surface area contributed by atoms with E-state index in [0.717, 1.165) is 19.4 Å². The van der Waals surface area contributed by atoms with Crippen LogP contribution in [0.4, 0.5) is 0 Å². The van der Waals surface area contributed by atoms with Crippen molar-refractivity contribution in [2.75, 3.05) is 20.1 Å². The first-order valence-corrected chi connectivity index (χ1v) is 7.40. The minimum atomic E-state index is -0.0293. The van der Waals surface area contributed by atoms with Crippen LogP contribution in [0, 0.1) is 11.8 Å². The molecule has 0 aromatic carbocycles. The van der Waals surface area contributed by atoms with Crippen LogP contribution in [-0.4, -0.2) is 30.9 Å². The number of thiophene rings is 1. The highest BCUT2D eigenvalue weighted by Crippen LogP contribution is 2.14. The Kier molecular flexibility index (Phi) is 6.36. The Bertz CT molecular complexity index is 349. The predicted octanol–water partition coefficient (Wildman–Crippen LogP) is 2.37. The van der Waals surface area contributed by atoms with Crippen molar-refractivity contribution < 1.29 is 4.79 Å². The molecule has 1 atom stereocenters. The summed E-state index contributed by atoms with van der Waals surface area (Å²) in [6, 6.07) is 4.15. The zero-order valence-corrected chi connectivity index (χ0v) is 12.4. The van der Waals surface area contributed by atoms with E-state index in [4.69, 9.17) is 5.73 Å². The maximum Gasteiger partial charge on any atom is 0.226 e. The van der Waals surface area contributed by atoms with E-state index in [1.54, 1.807) is 11.3 Å². The SMILES string of the molecule is CC(C)CC(CN)C(=O)N(C)CCc1cccs1. The topological polar surface area (TPSA) is 46.3 Å². The summed E-state index contributed by atoms with van der Waals surface area (Å²) in [5.74, 6) is 0.661. The molecule has 1 heterocycles. The first-order valence-electron chi connectivity index (χ1n) is 6.52. The van der Waals surface area contributed by atoms with Crippen LogP contribution < -0.4 is 5.73 Å². The molecule has 0 spiro atoms. The van der Waals surface area contributed by atoms with Gasteiger partial charge in [-0.05, 0) is 30.2 Å². The van der Waals surface area contributed by atoms with Gasteiger partial charge in [0.2, 0.25) is 5.91 Å². The molecule has 3 nitrogen and oxygen atoms in total. The van der Waals surface area contributed by atoms with E-state index >= 15 is 0 Å². The van der Waals surface area contributed by atoms with Gasteiger partial charge in [-0.15, -0.1) is 11.3 Å². The fourth-order valence-electron chi connectivity index (χ4n) is 2.02. The second-order valence-electron chi connectivity index (χ2n) is 5.15. The lowest BCUT2D eigenvalue weighted by Crippen LogP contribution is -2.38. The second kappa shape index (κ2) is 7.54. The van der Waals surface area contributed by atoms with Gasteiger partial charge in [0.15, 0.2) is 0 Å². The molecule has 102 valence electrons. The normalized spacial score (nSPS) is 12.7. The van der Waals surface area contributed by atoms with Gasteiger partial charge < -0.3 is 10.6 Å². The molecule has 0 bridgehead atoms. The number of likely N-dealkylation sites (N-methyl/N-ethyl adjacent to an activating group) is 1. The van der Waals surface area contributed by atoms with Crippen LogP contribution in [0.2, 0.25) is 0 Å². The van der Waals surface area contributed by atoms with E-state index in [2.05, 4.69) is 25.3 Å². The highest BCUT2D eigenvalue weighted by Gasteiger charge is 2.21. The van der Waals surface area contributed by atoms with Crippen LogP contribution in [0.5, 0.6) is 0 Å². The Morgan fingerprint density at radius 1 is 1.50 bits per heavy atom. The molecule has 1 amide bonds. The van der Waals surface area contributed by atoms with Gasteiger partial charge in [-0.3, -0.25) is 4.79 Å². The Morgan fingerprint density at radius 3 is 2.72 bits per heavy atom. The Labute approximate surface area is 114 Å². The Hall–Kier alpha value is -0.870. The molecular formula is C14H24N2OS. The van der Waals surface area contributed by atoms with E-state index in [1.807, 2.05) is 18.0 Å². The van der Waals surface area contributed by atoms with Gasteiger partial charge in [0.1, 0.15) is 0 Å². The minimum Gasteiger partial charge on any atom is -0.345 e. The van der Waals surface area contributed by atoms with E-state index in [1.165, 1.54) is 4.88 Å². The van der Waals surface area contributed by atoms with Crippen molar-refractivity contribution in [1.82, 2.24) is 4.90 Å². The second-order valence-corrected chi connectivity index (χ2v) is 6.18. The first-order chi connectivity index (χ1) is 8.54. The average Bonchev–Trinajstić information content (AvgIpc) is 2.84. The molecule has 4 heteroatoms. The van der Waals surface area contributed by atoms with Gasteiger partial charge in [-0.1, -0.05) is 19.9 Å². The van der Waals surface area contributed by atoms with Crippen molar-refractivity contribution in [2.24, 2.45) is 17.6 Å². The lowest BCUT2D eigenvalue weighted by molar-refractivity contribution is -0.134. The van der Waals surface area contributed by atoms with Crippen LogP contribution >= 0.6 is 11.3 Å². The summed E-state index contributed by atoms with van der Waals surface area (Å²) in [7, 11) is 1.87. The number of nitrogens with two attached hydrogens (primary N) is 1. The number of hydrogen-bond donors (Lipinski definition) is 1. The van der Waals surface area contributed by atoms with E-state index in [0.29, 0.717) is 12.5 Å². The molecular weight excluding hydrogens is 244 g/mol. The van der Waals surface area contributed by atoms with Gasteiger partial charge in [0.05, 0.1) is 5.92 Å². The minimum absolute atomic E-state index is 0.0293. The summed E-state index contributed by atoms with van der Waals surface area (Å²) in [5, 5.41) is 2.07. The molecule has 1 unspecified atom stereocenters. The standard InChI is InChI=1S/C14H24N2OS/c1-11(2)9-12(10-15)14(17)16(3)7-6-13-5-4-8-18-13/h4-5,8,11-12H,6-7,9-10,15H2,1-3H3. The largest absolute Gasteiger partial charge is 0.345 e. The quantitative estimate of drug-likeness (QED) is 0.825. The van der Waals surface area contributed by atoms with Crippen LogP contribution in [0.3, 0.4) is 0 Å². The van der Waals surface area contributed by atoms with Crippen molar-refractivity contribution in [3.63, 3.8) is 0 Å². The van der Waals surface area contributed by atoms with Gasteiger partial charge in [-0.25, -0.2) is 0 Å². The van der Waals surface area contributed by atoms with Gasteiger partial charge in [-0.2, -0.15) is 0 Å². The first kappa shape index (κ1) is 15.2. The lowest BCUT2D eigenvalue weighted by atomic mass is 9.96. The van der Waals surface area contributed by atoms with Crippen LogP contribution in [0.25, 0.3) is 0 Å². The molecule has 0 radical (unpaired) electrons. The molecule has 18 heavy (non-hydrogen) atoms. The summed E-state index contributed by atoms with van der Waals surface area (Å²) in [5.41, 5.74) is 5.71. The number of carbonyl (C=O) groups is 1. The molecule has 0 saturated heterocycles. The molecule has 0 aliphatic heterocycles. The van der Waals surface area contributed by atoms with Crippen LogP contribution in [0.15, 0.2) is 17.5 Å². The van der Waals surface area contributed by atoms with Crippen molar-refractivity contribution in [1.29, 1.82) is 0 Å². The molecule has 0 aliphatic rings. The van der Waals surface area contributed by atoms with Crippen molar-refractivity contribution >= 4 is 17.2 Å². The van der Waals surface area contributed by atoms with Gasteiger partial charge in [0, 0.05) is 25.0 Å². The molecule has 2 N–H and O–H groups in total. The van der Waals surface area contributed by atoms with Crippen molar-refractivity contribution in [3.8, 4) is 0 Å². The third kappa shape index (κ3) is 4.78. The fraction of sp³-hybridized carbons (Fsp3) is 0.643. The Morgan fingerprint density at radius 2 is 2.22 bits per heavy atom. The highest BCUT2D eigenvalue weighted by molar-refractivity contribution is 7.09. The average molecular weight is 268 g/mol. The fourth-order valence-corrected chi connectivity index (χ4v) is 2.72. The molecule has 0 saturated carbocycles. The summed E-state index contributed by atoms with van der Waals surface area (Å²) < 4.78 is 0. The van der Waals surface area contributed by atoms with E-state index < -0.39 is 0 Å². The maximum atomic E-state index is 12.2. The van der Waals surface area contributed by atoms with Gasteiger partial charge in [0.25, 0.3) is 0 Å². The zero-order valence-electron chi connectivity index (χ0n) is 11.6. The maximum absolute atomic E-state index is 12.2. The van der Waals surface area contributed by atoms with Gasteiger partial charge >= 0.3 is 0 Å². The third-order valence-corrected chi connectivity index (χ3v) is 3.98. The van der Waals surface area contributed by atoms with Crippen molar-refractivity contribution in [2.45, 2.75) is 26.7 Å². The number of nitrogens with zero attached hydrogens (tertiary/aromatic N) is 1. The van der Waals surface area contributed by atoms with E-state index in [9.17, 15) is 4.79 Å². The number of amides is 1. The number of carbonyl (C=O) groups excluding carboxylic acids is 1. The summed E-state index contributed by atoms with van der Waals surface area (Å²) in [6.07, 6.45) is 1.80. The third-order valence-electron chi connectivity index (χ3n) is 3.04. The molecule has 0 aliphatic carbocycles. The smallest absolute Gasteiger partial charge is 0.226 e. The molecule has 1 rings (SSSR count). The molecule has 0 fully saturated rings. The number of hydrogen-bond acceptors (Lipinski definition) is 3. The summed E-state index contributed by atoms with van der Waals surface area (Å²) in [4.78, 5) is 15.4. The van der Waals surface area contributed by atoms with Crippen LogP contribution in [-0.2, 0) is 11.2 Å². The predicted molar refractivity (Wildman–Crippen MR) is 77.7 cm³/mol. The Balaban J connectivity index is 2.43. The number of rotatable bonds is 7.